The van der Waals surface area contributed by atoms with E-state index < -0.39 is 6.10 Å². The summed E-state index contributed by atoms with van der Waals surface area (Å²) >= 11 is 5.99. The second kappa shape index (κ2) is 7.14. The normalized spacial score (nSPS) is 19.6. The first-order valence-electron chi connectivity index (χ1n) is 7.37. The van der Waals surface area contributed by atoms with E-state index in [-0.39, 0.29) is 5.91 Å². The fourth-order valence-electron chi connectivity index (χ4n) is 2.69. The fraction of sp³-hybridized carbons (Fsp3) is 0.562. The molecule has 21 heavy (non-hydrogen) atoms. The lowest BCUT2D eigenvalue weighted by atomic mass is 10.1. The maximum atomic E-state index is 12.4. The highest BCUT2D eigenvalue weighted by Gasteiger charge is 2.29. The minimum Gasteiger partial charge on any atom is -0.481 e. The topological polar surface area (TPSA) is 41.6 Å². The van der Waals surface area contributed by atoms with Crippen LogP contribution in [-0.2, 0) is 4.79 Å². The van der Waals surface area contributed by atoms with Crippen molar-refractivity contribution < 1.29 is 9.53 Å². The number of carbonyl (C=O) groups excluding carboxylic acids is 1. The molecule has 0 spiro atoms. The molecule has 0 saturated carbocycles. The molecular formula is C16H23ClN2O2. The van der Waals surface area contributed by atoms with Crippen molar-refractivity contribution in [2.45, 2.75) is 26.4 Å². The summed E-state index contributed by atoms with van der Waals surface area (Å²) in [7, 11) is 1.94. The van der Waals surface area contributed by atoms with E-state index in [4.69, 9.17) is 16.3 Å². The minimum absolute atomic E-state index is 0.0567. The van der Waals surface area contributed by atoms with Gasteiger partial charge in [-0.25, -0.2) is 0 Å². The summed E-state index contributed by atoms with van der Waals surface area (Å²) < 4.78 is 5.75. The highest BCUT2D eigenvalue weighted by molar-refractivity contribution is 6.31. The molecule has 1 N–H and O–H groups in total. The molecule has 0 aliphatic carbocycles. The molecule has 0 aromatic heterocycles. The lowest BCUT2D eigenvalue weighted by Crippen LogP contribution is -2.39. The first kappa shape index (κ1) is 16.1. The molecule has 1 heterocycles. The van der Waals surface area contributed by atoms with E-state index in [1.807, 2.05) is 24.9 Å². The van der Waals surface area contributed by atoms with Crippen molar-refractivity contribution >= 4 is 17.5 Å². The number of hydrogen-bond donors (Lipinski definition) is 1. The van der Waals surface area contributed by atoms with Gasteiger partial charge in [-0.3, -0.25) is 4.79 Å². The quantitative estimate of drug-likeness (QED) is 0.908. The Morgan fingerprint density at radius 1 is 1.57 bits per heavy atom. The van der Waals surface area contributed by atoms with Gasteiger partial charge in [-0.2, -0.15) is 0 Å². The first-order chi connectivity index (χ1) is 10.0. The first-order valence-corrected chi connectivity index (χ1v) is 7.75. The van der Waals surface area contributed by atoms with Gasteiger partial charge in [0.2, 0.25) is 0 Å². The maximum Gasteiger partial charge on any atom is 0.263 e. The number of aryl methyl sites for hydroxylation is 1. The Labute approximate surface area is 131 Å². The number of hydrogen-bond acceptors (Lipinski definition) is 3. The van der Waals surface area contributed by atoms with Gasteiger partial charge in [0.25, 0.3) is 5.91 Å². The summed E-state index contributed by atoms with van der Waals surface area (Å²) in [6.07, 6.45) is 0.582. The second-order valence-electron chi connectivity index (χ2n) is 5.67. The number of benzene rings is 1. The maximum absolute atomic E-state index is 12.4. The Balaban J connectivity index is 1.92. The zero-order valence-corrected chi connectivity index (χ0v) is 13.6. The fourth-order valence-corrected chi connectivity index (χ4v) is 2.81. The third-order valence-corrected chi connectivity index (χ3v) is 4.30. The van der Waals surface area contributed by atoms with Crippen LogP contribution in [0.15, 0.2) is 18.2 Å². The molecule has 0 radical (unpaired) electrons. The van der Waals surface area contributed by atoms with Gasteiger partial charge >= 0.3 is 0 Å². The smallest absolute Gasteiger partial charge is 0.263 e. The molecule has 1 aliphatic rings. The van der Waals surface area contributed by atoms with Crippen LogP contribution in [0.1, 0.15) is 18.9 Å². The number of nitrogens with one attached hydrogen (secondary N) is 1. The molecule has 2 unspecified atom stereocenters. The number of likely N-dealkylation sites (tertiary alicyclic amines) is 1. The molecule has 0 bridgehead atoms. The summed E-state index contributed by atoms with van der Waals surface area (Å²) in [6.45, 7) is 6.31. The van der Waals surface area contributed by atoms with E-state index in [2.05, 4.69) is 5.32 Å². The van der Waals surface area contributed by atoms with Gasteiger partial charge in [-0.1, -0.05) is 11.6 Å². The molecule has 1 aromatic rings. The summed E-state index contributed by atoms with van der Waals surface area (Å²) in [5.74, 6) is 1.29. The zero-order chi connectivity index (χ0) is 15.4. The SMILES string of the molecule is CNCC1CCN(C(=O)C(C)Oc2ccc(Cl)c(C)c2)C1. The van der Waals surface area contributed by atoms with E-state index >= 15 is 0 Å². The van der Waals surface area contributed by atoms with E-state index in [1.54, 1.807) is 19.1 Å². The summed E-state index contributed by atoms with van der Waals surface area (Å²) in [4.78, 5) is 14.3. The molecule has 5 heteroatoms. The average molecular weight is 311 g/mol. The lowest BCUT2D eigenvalue weighted by molar-refractivity contribution is -0.137. The highest BCUT2D eigenvalue weighted by atomic mass is 35.5. The molecule has 1 aliphatic heterocycles. The molecule has 2 atom stereocenters. The second-order valence-corrected chi connectivity index (χ2v) is 6.07. The van der Waals surface area contributed by atoms with Crippen LogP contribution in [0, 0.1) is 12.8 Å². The monoisotopic (exact) mass is 310 g/mol. The van der Waals surface area contributed by atoms with E-state index in [9.17, 15) is 4.79 Å². The van der Waals surface area contributed by atoms with Crippen LogP contribution in [-0.4, -0.2) is 43.6 Å². The minimum atomic E-state index is -0.473. The number of halogens is 1. The van der Waals surface area contributed by atoms with Gasteiger partial charge in [-0.15, -0.1) is 0 Å². The predicted octanol–water partition coefficient (Wildman–Crippen LogP) is 2.48. The van der Waals surface area contributed by atoms with Crippen LogP contribution in [0.5, 0.6) is 5.75 Å². The number of ether oxygens (including phenoxy) is 1. The average Bonchev–Trinajstić information content (AvgIpc) is 2.91. The number of carbonyl (C=O) groups is 1. The molecule has 1 aromatic carbocycles. The standard InChI is InChI=1S/C16H23ClN2O2/c1-11-8-14(4-5-15(11)17)21-12(2)16(20)19-7-6-13(10-19)9-18-3/h4-5,8,12-13,18H,6-7,9-10H2,1-3H3. The Morgan fingerprint density at radius 2 is 2.33 bits per heavy atom. The highest BCUT2D eigenvalue weighted by Crippen LogP contribution is 2.23. The molecule has 2 rings (SSSR count). The molecule has 1 fully saturated rings. The molecule has 1 saturated heterocycles. The summed E-state index contributed by atoms with van der Waals surface area (Å²) in [5, 5.41) is 3.87. The van der Waals surface area contributed by atoms with E-state index in [0.29, 0.717) is 16.7 Å². The summed E-state index contributed by atoms with van der Waals surface area (Å²) in [6, 6.07) is 5.45. The van der Waals surface area contributed by atoms with Crippen molar-refractivity contribution in [3.05, 3.63) is 28.8 Å². The number of nitrogens with zero attached hydrogens (tertiary/aromatic N) is 1. The number of rotatable bonds is 5. The Hall–Kier alpha value is -1.26. The van der Waals surface area contributed by atoms with Crippen LogP contribution in [0.2, 0.25) is 5.02 Å². The van der Waals surface area contributed by atoms with Crippen molar-refractivity contribution in [3.63, 3.8) is 0 Å². The van der Waals surface area contributed by atoms with Gasteiger partial charge in [-0.05, 0) is 63.5 Å². The van der Waals surface area contributed by atoms with E-state index in [1.165, 1.54) is 0 Å². The van der Waals surface area contributed by atoms with Gasteiger partial charge in [0.05, 0.1) is 0 Å². The van der Waals surface area contributed by atoms with Gasteiger partial charge in [0.1, 0.15) is 5.75 Å². The number of amides is 1. The van der Waals surface area contributed by atoms with E-state index in [0.717, 1.165) is 31.6 Å². The predicted molar refractivity (Wildman–Crippen MR) is 84.9 cm³/mol. The van der Waals surface area contributed by atoms with Gasteiger partial charge < -0.3 is 15.0 Å². The van der Waals surface area contributed by atoms with Crippen molar-refractivity contribution in [1.29, 1.82) is 0 Å². The molecular weight excluding hydrogens is 288 g/mol. The largest absolute Gasteiger partial charge is 0.481 e. The van der Waals surface area contributed by atoms with Crippen LogP contribution >= 0.6 is 11.6 Å². The van der Waals surface area contributed by atoms with Gasteiger partial charge in [0.15, 0.2) is 6.10 Å². The van der Waals surface area contributed by atoms with Crippen molar-refractivity contribution in [3.8, 4) is 5.75 Å². The summed E-state index contributed by atoms with van der Waals surface area (Å²) in [5.41, 5.74) is 0.948. The zero-order valence-electron chi connectivity index (χ0n) is 12.9. The Morgan fingerprint density at radius 3 is 3.00 bits per heavy atom. The van der Waals surface area contributed by atoms with Crippen molar-refractivity contribution in [2.75, 3.05) is 26.7 Å². The van der Waals surface area contributed by atoms with Crippen molar-refractivity contribution in [1.82, 2.24) is 10.2 Å². The molecule has 4 nitrogen and oxygen atoms in total. The van der Waals surface area contributed by atoms with Crippen LogP contribution in [0.3, 0.4) is 0 Å². The molecule has 1 amide bonds. The van der Waals surface area contributed by atoms with Crippen LogP contribution in [0.4, 0.5) is 0 Å². The van der Waals surface area contributed by atoms with Gasteiger partial charge in [0, 0.05) is 18.1 Å². The van der Waals surface area contributed by atoms with Crippen molar-refractivity contribution in [2.24, 2.45) is 5.92 Å². The molecule has 116 valence electrons. The lowest BCUT2D eigenvalue weighted by Gasteiger charge is -2.22. The van der Waals surface area contributed by atoms with Crippen LogP contribution in [0.25, 0.3) is 0 Å². The van der Waals surface area contributed by atoms with Crippen LogP contribution < -0.4 is 10.1 Å². The third-order valence-electron chi connectivity index (χ3n) is 3.88. The third kappa shape index (κ3) is 4.11. The Bertz CT molecular complexity index is 507. The Kier molecular flexibility index (Phi) is 5.48.